The van der Waals surface area contributed by atoms with Crippen LogP contribution in [0.3, 0.4) is 0 Å². The van der Waals surface area contributed by atoms with E-state index in [4.69, 9.17) is 4.74 Å². The highest BCUT2D eigenvalue weighted by Crippen LogP contribution is 2.26. The second-order valence-corrected chi connectivity index (χ2v) is 5.16. The molecule has 0 radical (unpaired) electrons. The summed E-state index contributed by atoms with van der Waals surface area (Å²) in [6, 6.07) is 2.13. The highest BCUT2D eigenvalue weighted by atomic mass is 19.2. The summed E-state index contributed by atoms with van der Waals surface area (Å²) in [5.74, 6) is -3.64. The van der Waals surface area contributed by atoms with Crippen LogP contribution in [0.25, 0.3) is 0 Å². The second kappa shape index (κ2) is 6.42. The molecule has 2 unspecified atom stereocenters. The minimum atomic E-state index is -1.40. The summed E-state index contributed by atoms with van der Waals surface area (Å²) in [5, 5.41) is 0. The van der Waals surface area contributed by atoms with Crippen molar-refractivity contribution in [3.8, 4) is 0 Å². The first-order chi connectivity index (χ1) is 9.10. The molecule has 0 N–H and O–H groups in total. The zero-order valence-electron chi connectivity index (χ0n) is 11.1. The topological polar surface area (TPSA) is 9.23 Å². The molecule has 1 heterocycles. The molecule has 0 bridgehead atoms. The molecule has 4 heteroatoms. The Hall–Kier alpha value is -1.03. The van der Waals surface area contributed by atoms with E-state index in [2.05, 4.69) is 6.92 Å². The van der Waals surface area contributed by atoms with Crippen LogP contribution in [0.5, 0.6) is 0 Å². The first-order valence-corrected chi connectivity index (χ1v) is 6.89. The van der Waals surface area contributed by atoms with Crippen molar-refractivity contribution in [3.05, 3.63) is 35.1 Å². The molecule has 1 fully saturated rings. The molecule has 1 aromatic rings. The van der Waals surface area contributed by atoms with Crippen molar-refractivity contribution in [1.82, 2.24) is 0 Å². The number of ether oxygens (including phenoxy) is 1. The monoisotopic (exact) mass is 272 g/mol. The van der Waals surface area contributed by atoms with Gasteiger partial charge in [0.25, 0.3) is 0 Å². The van der Waals surface area contributed by atoms with E-state index >= 15 is 0 Å². The molecule has 1 aliphatic heterocycles. The van der Waals surface area contributed by atoms with Gasteiger partial charge in [-0.05, 0) is 49.8 Å². The van der Waals surface area contributed by atoms with E-state index in [-0.39, 0.29) is 6.10 Å². The fourth-order valence-corrected chi connectivity index (χ4v) is 2.61. The van der Waals surface area contributed by atoms with Crippen LogP contribution in [0.15, 0.2) is 12.1 Å². The van der Waals surface area contributed by atoms with E-state index in [1.54, 1.807) is 0 Å². The summed E-state index contributed by atoms with van der Waals surface area (Å²) in [6.45, 7) is 2.13. The Kier molecular flexibility index (Phi) is 4.86. The first-order valence-electron chi connectivity index (χ1n) is 6.89. The summed E-state index contributed by atoms with van der Waals surface area (Å²) in [7, 11) is 0. The van der Waals surface area contributed by atoms with Crippen LogP contribution < -0.4 is 0 Å². The first kappa shape index (κ1) is 14.4. The fraction of sp³-hybridized carbons (Fsp3) is 0.600. The predicted molar refractivity (Wildman–Crippen MR) is 67.4 cm³/mol. The van der Waals surface area contributed by atoms with Gasteiger partial charge in [0.1, 0.15) is 0 Å². The van der Waals surface area contributed by atoms with Crippen LogP contribution in [0.4, 0.5) is 13.2 Å². The highest BCUT2D eigenvalue weighted by Gasteiger charge is 2.24. The zero-order chi connectivity index (χ0) is 13.8. The minimum Gasteiger partial charge on any atom is -0.375 e. The number of hydrogen-bond acceptors (Lipinski definition) is 1. The third-order valence-corrected chi connectivity index (χ3v) is 3.60. The van der Waals surface area contributed by atoms with Gasteiger partial charge in [-0.2, -0.15) is 0 Å². The third-order valence-electron chi connectivity index (χ3n) is 3.60. The molecule has 0 aromatic heterocycles. The van der Waals surface area contributed by atoms with E-state index in [1.807, 2.05) is 0 Å². The van der Waals surface area contributed by atoms with Gasteiger partial charge in [0.05, 0.1) is 12.2 Å². The summed E-state index contributed by atoms with van der Waals surface area (Å²) in [5.41, 5.74) is 0.485. The molecule has 2 atom stereocenters. The average molecular weight is 272 g/mol. The third kappa shape index (κ3) is 3.72. The maximum Gasteiger partial charge on any atom is 0.194 e. The molecule has 2 rings (SSSR count). The van der Waals surface area contributed by atoms with E-state index in [9.17, 15) is 13.2 Å². The molecule has 1 saturated heterocycles. The molecule has 0 spiro atoms. The van der Waals surface area contributed by atoms with Gasteiger partial charge in [-0.25, -0.2) is 13.2 Å². The quantitative estimate of drug-likeness (QED) is 0.723. The lowest BCUT2D eigenvalue weighted by Crippen LogP contribution is -2.11. The zero-order valence-corrected chi connectivity index (χ0v) is 11.1. The van der Waals surface area contributed by atoms with Crippen molar-refractivity contribution in [1.29, 1.82) is 0 Å². The predicted octanol–water partition coefficient (Wildman–Crippen LogP) is 4.38. The van der Waals surface area contributed by atoms with Crippen LogP contribution in [0, 0.1) is 17.5 Å². The second-order valence-electron chi connectivity index (χ2n) is 5.16. The minimum absolute atomic E-state index is 0.160. The molecule has 0 saturated carbocycles. The van der Waals surface area contributed by atoms with E-state index < -0.39 is 17.5 Å². The Balaban J connectivity index is 1.86. The number of halogens is 3. The lowest BCUT2D eigenvalue weighted by molar-refractivity contribution is 0.0361. The van der Waals surface area contributed by atoms with Crippen molar-refractivity contribution in [2.45, 2.75) is 57.7 Å². The molecule has 0 amide bonds. The van der Waals surface area contributed by atoms with Crippen molar-refractivity contribution in [2.75, 3.05) is 0 Å². The van der Waals surface area contributed by atoms with Gasteiger partial charge in [-0.1, -0.05) is 13.3 Å². The summed E-state index contributed by atoms with van der Waals surface area (Å²) >= 11 is 0. The summed E-state index contributed by atoms with van der Waals surface area (Å²) in [4.78, 5) is 0. The number of aryl methyl sites for hydroxylation is 1. The highest BCUT2D eigenvalue weighted by molar-refractivity contribution is 5.19. The summed E-state index contributed by atoms with van der Waals surface area (Å²) < 4.78 is 44.8. The Morgan fingerprint density at radius 3 is 2.21 bits per heavy atom. The molecule has 0 aliphatic carbocycles. The molecule has 1 aliphatic rings. The largest absolute Gasteiger partial charge is 0.375 e. The fourth-order valence-electron chi connectivity index (χ4n) is 2.61. The van der Waals surface area contributed by atoms with Crippen LogP contribution >= 0.6 is 0 Å². The van der Waals surface area contributed by atoms with Crippen LogP contribution in [0.2, 0.25) is 0 Å². The lowest BCUT2D eigenvalue weighted by Gasteiger charge is -2.13. The van der Waals surface area contributed by atoms with Crippen molar-refractivity contribution in [3.63, 3.8) is 0 Å². The van der Waals surface area contributed by atoms with Crippen LogP contribution in [0.1, 0.15) is 44.6 Å². The standard InChI is InChI=1S/C15H19F3O/c1-2-3-11-6-7-12(19-11)5-4-10-8-13(16)15(18)14(17)9-10/h8-9,11-12H,2-7H2,1H3. The maximum absolute atomic E-state index is 13.1. The molecular formula is C15H19F3O. The van der Waals surface area contributed by atoms with Crippen molar-refractivity contribution in [2.24, 2.45) is 0 Å². The van der Waals surface area contributed by atoms with Gasteiger partial charge in [0.2, 0.25) is 0 Å². The van der Waals surface area contributed by atoms with E-state index in [0.717, 1.165) is 44.2 Å². The smallest absolute Gasteiger partial charge is 0.194 e. The van der Waals surface area contributed by atoms with Gasteiger partial charge < -0.3 is 4.74 Å². The van der Waals surface area contributed by atoms with Crippen LogP contribution in [-0.4, -0.2) is 12.2 Å². The number of hydrogen-bond donors (Lipinski definition) is 0. The van der Waals surface area contributed by atoms with Gasteiger partial charge in [-0.15, -0.1) is 0 Å². The number of rotatable bonds is 5. The Morgan fingerprint density at radius 1 is 1.05 bits per heavy atom. The van der Waals surface area contributed by atoms with Gasteiger partial charge in [0.15, 0.2) is 17.5 Å². The normalized spacial score (nSPS) is 22.9. The molecular weight excluding hydrogens is 253 g/mol. The van der Waals surface area contributed by atoms with Gasteiger partial charge >= 0.3 is 0 Å². The van der Waals surface area contributed by atoms with E-state index in [0.29, 0.717) is 18.1 Å². The lowest BCUT2D eigenvalue weighted by atomic mass is 10.0. The Labute approximate surface area is 111 Å². The van der Waals surface area contributed by atoms with Gasteiger partial charge in [0, 0.05) is 0 Å². The van der Waals surface area contributed by atoms with Crippen molar-refractivity contribution < 1.29 is 17.9 Å². The van der Waals surface area contributed by atoms with Crippen LogP contribution in [-0.2, 0) is 11.2 Å². The average Bonchev–Trinajstić information content (AvgIpc) is 2.81. The molecule has 19 heavy (non-hydrogen) atoms. The molecule has 1 nitrogen and oxygen atoms in total. The molecule has 106 valence electrons. The Morgan fingerprint density at radius 2 is 1.63 bits per heavy atom. The van der Waals surface area contributed by atoms with Gasteiger partial charge in [-0.3, -0.25) is 0 Å². The maximum atomic E-state index is 13.1. The Bertz CT molecular complexity index is 410. The molecule has 1 aromatic carbocycles. The number of benzene rings is 1. The summed E-state index contributed by atoms with van der Waals surface area (Å²) in [6.07, 6.45) is 5.95. The SMILES string of the molecule is CCCC1CCC(CCc2cc(F)c(F)c(F)c2)O1. The van der Waals surface area contributed by atoms with E-state index in [1.165, 1.54) is 0 Å². The van der Waals surface area contributed by atoms with Crippen molar-refractivity contribution >= 4 is 0 Å².